The van der Waals surface area contributed by atoms with Crippen LogP contribution < -0.4 is 10.6 Å². The molecule has 0 spiro atoms. The van der Waals surface area contributed by atoms with Crippen LogP contribution in [0.25, 0.3) is 0 Å². The molecule has 60 valence electrons. The SMILES string of the molecule is CNC(=O)CNCCOC. The average molecular weight is 146 g/mol. The maximum Gasteiger partial charge on any atom is 0.233 e. The van der Waals surface area contributed by atoms with Crippen molar-refractivity contribution in [2.75, 3.05) is 33.9 Å². The fourth-order valence-corrected chi connectivity index (χ4v) is 0.465. The summed E-state index contributed by atoms with van der Waals surface area (Å²) in [4.78, 5) is 10.6. The second-order valence-corrected chi connectivity index (χ2v) is 1.84. The van der Waals surface area contributed by atoms with Crippen LogP contribution >= 0.6 is 0 Å². The number of rotatable bonds is 5. The lowest BCUT2D eigenvalue weighted by Crippen LogP contribution is -2.32. The van der Waals surface area contributed by atoms with Gasteiger partial charge in [-0.05, 0) is 0 Å². The maximum atomic E-state index is 10.6. The van der Waals surface area contributed by atoms with Gasteiger partial charge >= 0.3 is 0 Å². The molecule has 0 rings (SSSR count). The normalized spacial score (nSPS) is 9.40. The van der Waals surface area contributed by atoms with E-state index in [-0.39, 0.29) is 5.91 Å². The lowest BCUT2D eigenvalue weighted by Gasteiger charge is -2.01. The van der Waals surface area contributed by atoms with Gasteiger partial charge in [-0.15, -0.1) is 0 Å². The van der Waals surface area contributed by atoms with Crippen LogP contribution in [0.15, 0.2) is 0 Å². The molecule has 2 N–H and O–H groups in total. The van der Waals surface area contributed by atoms with E-state index in [1.54, 1.807) is 14.2 Å². The predicted molar refractivity (Wildman–Crippen MR) is 38.8 cm³/mol. The van der Waals surface area contributed by atoms with Crippen molar-refractivity contribution >= 4 is 5.91 Å². The average Bonchev–Trinajstić information content (AvgIpc) is 1.98. The topological polar surface area (TPSA) is 50.4 Å². The molecule has 0 heterocycles. The predicted octanol–water partition coefficient (Wildman–Crippen LogP) is -1.03. The third kappa shape index (κ3) is 5.53. The highest BCUT2D eigenvalue weighted by Crippen LogP contribution is 1.64. The zero-order chi connectivity index (χ0) is 7.82. The number of hydrogen-bond donors (Lipinski definition) is 2. The summed E-state index contributed by atoms with van der Waals surface area (Å²) in [5.74, 6) is -0.00361. The molecule has 0 aromatic carbocycles. The summed E-state index contributed by atoms with van der Waals surface area (Å²) in [5.41, 5.74) is 0. The van der Waals surface area contributed by atoms with Crippen molar-refractivity contribution in [1.82, 2.24) is 10.6 Å². The summed E-state index contributed by atoms with van der Waals surface area (Å²) in [5, 5.41) is 5.40. The molecular formula is C6H14N2O2. The number of carbonyl (C=O) groups excluding carboxylic acids is 1. The van der Waals surface area contributed by atoms with Gasteiger partial charge in [0.1, 0.15) is 0 Å². The highest BCUT2D eigenvalue weighted by Gasteiger charge is 1.93. The van der Waals surface area contributed by atoms with E-state index in [1.807, 2.05) is 0 Å². The molecule has 0 saturated heterocycles. The first kappa shape index (κ1) is 9.39. The van der Waals surface area contributed by atoms with Crippen LogP contribution in [-0.2, 0) is 9.53 Å². The van der Waals surface area contributed by atoms with Crippen LogP contribution in [0.5, 0.6) is 0 Å². The molecule has 0 aromatic rings. The molecule has 0 unspecified atom stereocenters. The van der Waals surface area contributed by atoms with Crippen LogP contribution in [0.3, 0.4) is 0 Å². The Morgan fingerprint density at radius 2 is 2.30 bits per heavy atom. The number of hydrogen-bond acceptors (Lipinski definition) is 3. The van der Waals surface area contributed by atoms with E-state index >= 15 is 0 Å². The minimum atomic E-state index is -0.00361. The third-order valence-electron chi connectivity index (χ3n) is 1.05. The molecule has 0 aliphatic heterocycles. The number of ether oxygens (including phenoxy) is 1. The van der Waals surface area contributed by atoms with Gasteiger partial charge in [0, 0.05) is 20.7 Å². The summed E-state index contributed by atoms with van der Waals surface area (Å²) in [6.45, 7) is 1.71. The molecule has 0 aromatic heterocycles. The maximum absolute atomic E-state index is 10.6. The van der Waals surface area contributed by atoms with Crippen molar-refractivity contribution in [2.45, 2.75) is 0 Å². The van der Waals surface area contributed by atoms with Gasteiger partial charge in [-0.2, -0.15) is 0 Å². The Labute approximate surface area is 60.9 Å². The zero-order valence-corrected chi connectivity index (χ0v) is 6.44. The van der Waals surface area contributed by atoms with Crippen molar-refractivity contribution in [1.29, 1.82) is 0 Å². The van der Waals surface area contributed by atoms with Crippen molar-refractivity contribution in [3.63, 3.8) is 0 Å². The lowest BCUT2D eigenvalue weighted by molar-refractivity contribution is -0.119. The number of methoxy groups -OCH3 is 1. The first-order chi connectivity index (χ1) is 4.81. The Morgan fingerprint density at radius 3 is 2.80 bits per heavy atom. The fourth-order valence-electron chi connectivity index (χ4n) is 0.465. The zero-order valence-electron chi connectivity index (χ0n) is 6.44. The van der Waals surface area contributed by atoms with Gasteiger partial charge in [0.05, 0.1) is 13.2 Å². The Kier molecular flexibility index (Phi) is 6.11. The molecule has 0 aliphatic rings. The van der Waals surface area contributed by atoms with E-state index in [0.717, 1.165) is 0 Å². The van der Waals surface area contributed by atoms with Crippen LogP contribution in [0.2, 0.25) is 0 Å². The van der Waals surface area contributed by atoms with Gasteiger partial charge in [-0.3, -0.25) is 4.79 Å². The quantitative estimate of drug-likeness (QED) is 0.487. The summed E-state index contributed by atoms with van der Waals surface area (Å²) in [6.07, 6.45) is 0. The van der Waals surface area contributed by atoms with Crippen LogP contribution in [0, 0.1) is 0 Å². The summed E-state index contributed by atoms with van der Waals surface area (Å²) >= 11 is 0. The smallest absolute Gasteiger partial charge is 0.233 e. The first-order valence-corrected chi connectivity index (χ1v) is 3.21. The number of carbonyl (C=O) groups is 1. The molecule has 0 radical (unpaired) electrons. The second kappa shape index (κ2) is 6.51. The van der Waals surface area contributed by atoms with E-state index in [1.165, 1.54) is 0 Å². The number of nitrogens with one attached hydrogen (secondary N) is 2. The molecule has 0 saturated carbocycles. The van der Waals surface area contributed by atoms with Crippen LogP contribution in [-0.4, -0.2) is 39.8 Å². The summed E-state index contributed by atoms with van der Waals surface area (Å²) < 4.78 is 4.76. The van der Waals surface area contributed by atoms with Crippen LogP contribution in [0.4, 0.5) is 0 Å². The molecule has 4 heteroatoms. The Bertz CT molecular complexity index is 95.7. The molecule has 0 bridgehead atoms. The van der Waals surface area contributed by atoms with Crippen molar-refractivity contribution in [3.05, 3.63) is 0 Å². The standard InChI is InChI=1S/C6H14N2O2/c1-7-6(9)5-8-3-4-10-2/h8H,3-5H2,1-2H3,(H,7,9). The molecule has 10 heavy (non-hydrogen) atoms. The molecule has 1 amide bonds. The van der Waals surface area contributed by atoms with Gasteiger partial charge in [0.15, 0.2) is 0 Å². The largest absolute Gasteiger partial charge is 0.383 e. The number of amides is 1. The van der Waals surface area contributed by atoms with E-state index < -0.39 is 0 Å². The number of likely N-dealkylation sites (N-methyl/N-ethyl adjacent to an activating group) is 1. The Balaban J connectivity index is 2.96. The molecule has 0 aliphatic carbocycles. The Morgan fingerprint density at radius 1 is 1.60 bits per heavy atom. The molecule has 0 fully saturated rings. The van der Waals surface area contributed by atoms with Gasteiger partial charge in [0.2, 0.25) is 5.91 Å². The van der Waals surface area contributed by atoms with Crippen LogP contribution in [0.1, 0.15) is 0 Å². The van der Waals surface area contributed by atoms with Crippen molar-refractivity contribution in [2.24, 2.45) is 0 Å². The monoisotopic (exact) mass is 146 g/mol. The van der Waals surface area contributed by atoms with E-state index in [2.05, 4.69) is 10.6 Å². The van der Waals surface area contributed by atoms with E-state index in [9.17, 15) is 4.79 Å². The highest BCUT2D eigenvalue weighted by molar-refractivity contribution is 5.77. The minimum absolute atomic E-state index is 0.00361. The highest BCUT2D eigenvalue weighted by atomic mass is 16.5. The molecular weight excluding hydrogens is 132 g/mol. The van der Waals surface area contributed by atoms with Gasteiger partial charge in [-0.25, -0.2) is 0 Å². The Hall–Kier alpha value is -0.610. The third-order valence-corrected chi connectivity index (χ3v) is 1.05. The van der Waals surface area contributed by atoms with E-state index in [0.29, 0.717) is 19.7 Å². The minimum Gasteiger partial charge on any atom is -0.383 e. The fraction of sp³-hybridized carbons (Fsp3) is 0.833. The van der Waals surface area contributed by atoms with Gasteiger partial charge in [0.25, 0.3) is 0 Å². The molecule has 0 atom stereocenters. The summed E-state index contributed by atoms with van der Waals surface area (Å²) in [7, 11) is 3.24. The first-order valence-electron chi connectivity index (χ1n) is 3.21. The van der Waals surface area contributed by atoms with Gasteiger partial charge in [-0.1, -0.05) is 0 Å². The van der Waals surface area contributed by atoms with Crippen molar-refractivity contribution < 1.29 is 9.53 Å². The second-order valence-electron chi connectivity index (χ2n) is 1.84. The molecule has 4 nitrogen and oxygen atoms in total. The summed E-state index contributed by atoms with van der Waals surface area (Å²) in [6, 6.07) is 0. The van der Waals surface area contributed by atoms with Gasteiger partial charge < -0.3 is 15.4 Å². The van der Waals surface area contributed by atoms with E-state index in [4.69, 9.17) is 4.74 Å². The lowest BCUT2D eigenvalue weighted by atomic mass is 10.5. The van der Waals surface area contributed by atoms with Crippen molar-refractivity contribution in [3.8, 4) is 0 Å².